The van der Waals surface area contributed by atoms with E-state index in [2.05, 4.69) is 22.1 Å². The lowest BCUT2D eigenvalue weighted by Gasteiger charge is -2.15. The minimum Gasteiger partial charge on any atom is -0.342 e. The Labute approximate surface area is 190 Å². The topological polar surface area (TPSA) is 59.8 Å². The second kappa shape index (κ2) is 10.2. The third kappa shape index (κ3) is 5.45. The predicted octanol–water partition coefficient (Wildman–Crippen LogP) is 5.86. The molecule has 156 valence electrons. The Morgan fingerprint density at radius 2 is 1.97 bits per heavy atom. The van der Waals surface area contributed by atoms with Crippen LogP contribution in [0.2, 0.25) is 10.0 Å². The first-order valence-corrected chi connectivity index (χ1v) is 11.1. The molecule has 1 heterocycles. The van der Waals surface area contributed by atoms with Crippen LogP contribution in [0, 0.1) is 6.92 Å². The van der Waals surface area contributed by atoms with Gasteiger partial charge in [-0.05, 0) is 43.7 Å². The normalized spacial score (nSPS) is 11.9. The molecule has 3 rings (SSSR count). The van der Waals surface area contributed by atoms with E-state index in [9.17, 15) is 4.79 Å². The summed E-state index contributed by atoms with van der Waals surface area (Å²) in [6.45, 7) is 8.23. The summed E-state index contributed by atoms with van der Waals surface area (Å²) in [6, 6.07) is 12.6. The van der Waals surface area contributed by atoms with Gasteiger partial charge in [-0.1, -0.05) is 64.8 Å². The molecule has 8 heteroatoms. The van der Waals surface area contributed by atoms with Crippen LogP contribution in [0.1, 0.15) is 40.3 Å². The lowest BCUT2D eigenvalue weighted by molar-refractivity contribution is 0.0937. The minimum absolute atomic E-state index is 0.155. The number of nitrogens with one attached hydrogen (secondary N) is 1. The van der Waals surface area contributed by atoms with Gasteiger partial charge in [0.25, 0.3) is 5.91 Å². The number of hydrogen-bond donors (Lipinski definition) is 1. The highest BCUT2D eigenvalue weighted by Crippen LogP contribution is 2.29. The fraction of sp³-hybridized carbons (Fsp3) is 0.227. The summed E-state index contributed by atoms with van der Waals surface area (Å²) in [5.41, 5.74) is 2.67. The maximum atomic E-state index is 12.6. The van der Waals surface area contributed by atoms with Gasteiger partial charge in [-0.2, -0.15) is 0 Å². The average molecular weight is 461 g/mol. The van der Waals surface area contributed by atoms with E-state index < -0.39 is 0 Å². The molecule has 1 amide bonds. The van der Waals surface area contributed by atoms with Crippen molar-refractivity contribution < 1.29 is 4.79 Å². The van der Waals surface area contributed by atoms with E-state index >= 15 is 0 Å². The number of allylic oxidation sites excluding steroid dienone is 1. The van der Waals surface area contributed by atoms with Gasteiger partial charge in [0.1, 0.15) is 0 Å². The number of aromatic nitrogens is 3. The predicted molar refractivity (Wildman–Crippen MR) is 123 cm³/mol. The van der Waals surface area contributed by atoms with Crippen molar-refractivity contribution in [3.8, 4) is 0 Å². The number of thioether (sulfide) groups is 1. The van der Waals surface area contributed by atoms with Crippen molar-refractivity contribution in [1.82, 2.24) is 20.1 Å². The first-order chi connectivity index (χ1) is 14.4. The van der Waals surface area contributed by atoms with Gasteiger partial charge >= 0.3 is 0 Å². The molecular formula is C22H22Cl2N4OS. The zero-order chi connectivity index (χ0) is 21.7. The summed E-state index contributed by atoms with van der Waals surface area (Å²) in [5, 5.41) is 13.6. The molecule has 0 aliphatic carbocycles. The number of halogens is 2. The summed E-state index contributed by atoms with van der Waals surface area (Å²) in [4.78, 5) is 12.6. The summed E-state index contributed by atoms with van der Waals surface area (Å²) in [7, 11) is 0. The zero-order valence-electron chi connectivity index (χ0n) is 16.7. The molecule has 30 heavy (non-hydrogen) atoms. The SMILES string of the molecule is C=CCn1c(SCc2ccc(Cl)cc2Cl)nnc1[C@H](C)NC(=O)c1ccc(C)cc1. The Kier molecular flexibility index (Phi) is 7.58. The molecule has 0 aliphatic rings. The molecule has 0 aliphatic heterocycles. The van der Waals surface area contributed by atoms with Crippen LogP contribution in [0.3, 0.4) is 0 Å². The Morgan fingerprint density at radius 3 is 2.63 bits per heavy atom. The highest BCUT2D eigenvalue weighted by Gasteiger charge is 2.20. The maximum absolute atomic E-state index is 12.6. The maximum Gasteiger partial charge on any atom is 0.251 e. The van der Waals surface area contributed by atoms with E-state index in [0.717, 1.165) is 16.3 Å². The summed E-state index contributed by atoms with van der Waals surface area (Å²) >= 11 is 13.8. The third-order valence-electron chi connectivity index (χ3n) is 4.48. The molecule has 1 aromatic heterocycles. The number of benzene rings is 2. The van der Waals surface area contributed by atoms with E-state index in [-0.39, 0.29) is 11.9 Å². The molecule has 0 radical (unpaired) electrons. The van der Waals surface area contributed by atoms with E-state index in [1.807, 2.05) is 54.8 Å². The molecule has 5 nitrogen and oxygen atoms in total. The van der Waals surface area contributed by atoms with Gasteiger partial charge in [-0.15, -0.1) is 16.8 Å². The third-order valence-corrected chi connectivity index (χ3v) is 6.08. The first-order valence-electron chi connectivity index (χ1n) is 9.37. The van der Waals surface area contributed by atoms with Crippen molar-refractivity contribution >= 4 is 40.9 Å². The highest BCUT2D eigenvalue weighted by atomic mass is 35.5. The molecule has 1 N–H and O–H groups in total. The van der Waals surface area contributed by atoms with Gasteiger partial charge in [0.05, 0.1) is 6.04 Å². The number of amides is 1. The van der Waals surface area contributed by atoms with Crippen molar-refractivity contribution in [2.45, 2.75) is 37.3 Å². The van der Waals surface area contributed by atoms with E-state index in [4.69, 9.17) is 23.2 Å². The molecule has 0 spiro atoms. The monoisotopic (exact) mass is 460 g/mol. The summed E-state index contributed by atoms with van der Waals surface area (Å²) in [6.07, 6.45) is 1.78. The molecule has 0 bridgehead atoms. The summed E-state index contributed by atoms with van der Waals surface area (Å²) in [5.74, 6) is 1.13. The molecule has 0 fully saturated rings. The van der Waals surface area contributed by atoms with E-state index in [1.165, 1.54) is 11.8 Å². The lowest BCUT2D eigenvalue weighted by Crippen LogP contribution is -2.28. The molecule has 0 saturated heterocycles. The van der Waals surface area contributed by atoms with Gasteiger partial charge in [0, 0.05) is 27.9 Å². The second-order valence-corrected chi connectivity index (χ2v) is 8.61. The fourth-order valence-corrected chi connectivity index (χ4v) is 4.37. The minimum atomic E-state index is -0.320. The van der Waals surface area contributed by atoms with Gasteiger partial charge < -0.3 is 9.88 Å². The van der Waals surface area contributed by atoms with Crippen molar-refractivity contribution in [3.63, 3.8) is 0 Å². The van der Waals surface area contributed by atoms with Crippen LogP contribution in [0.4, 0.5) is 0 Å². The van der Waals surface area contributed by atoms with Crippen molar-refractivity contribution in [3.05, 3.63) is 87.7 Å². The number of hydrogen-bond acceptors (Lipinski definition) is 4. The largest absolute Gasteiger partial charge is 0.342 e. The number of rotatable bonds is 8. The molecule has 0 unspecified atom stereocenters. The zero-order valence-corrected chi connectivity index (χ0v) is 19.1. The number of nitrogens with zero attached hydrogens (tertiary/aromatic N) is 3. The van der Waals surface area contributed by atoms with Gasteiger partial charge in [0.2, 0.25) is 0 Å². The van der Waals surface area contributed by atoms with Crippen LogP contribution in [0.25, 0.3) is 0 Å². The van der Waals surface area contributed by atoms with Crippen LogP contribution >= 0.6 is 35.0 Å². The molecule has 2 aromatic carbocycles. The Hall–Kier alpha value is -2.28. The van der Waals surface area contributed by atoms with Crippen LogP contribution in [0.5, 0.6) is 0 Å². The van der Waals surface area contributed by atoms with Crippen molar-refractivity contribution in [2.75, 3.05) is 0 Å². The van der Waals surface area contributed by atoms with Crippen molar-refractivity contribution in [1.29, 1.82) is 0 Å². The number of carbonyl (C=O) groups excluding carboxylic acids is 1. The molecule has 0 saturated carbocycles. The van der Waals surface area contributed by atoms with E-state index in [1.54, 1.807) is 12.1 Å². The van der Waals surface area contributed by atoms with Gasteiger partial charge in [-0.3, -0.25) is 4.79 Å². The molecular weight excluding hydrogens is 439 g/mol. The lowest BCUT2D eigenvalue weighted by atomic mass is 10.1. The smallest absolute Gasteiger partial charge is 0.251 e. The Morgan fingerprint density at radius 1 is 1.23 bits per heavy atom. The second-order valence-electron chi connectivity index (χ2n) is 6.83. The van der Waals surface area contributed by atoms with Crippen LogP contribution in [0.15, 0.2) is 60.3 Å². The Bertz CT molecular complexity index is 1050. The summed E-state index contributed by atoms with van der Waals surface area (Å²) < 4.78 is 1.95. The first kappa shape index (κ1) is 22.4. The average Bonchev–Trinajstić information content (AvgIpc) is 3.11. The highest BCUT2D eigenvalue weighted by molar-refractivity contribution is 7.98. The standard InChI is InChI=1S/C22H22Cl2N4OS/c1-4-11-28-20(15(3)25-21(29)16-7-5-14(2)6-8-16)26-27-22(28)30-13-17-9-10-18(23)12-19(17)24/h4-10,12,15H,1,11,13H2,2-3H3,(H,25,29)/t15-/m0/s1. The van der Waals surface area contributed by atoms with Crippen LogP contribution in [-0.2, 0) is 12.3 Å². The quantitative estimate of drug-likeness (QED) is 0.337. The van der Waals surface area contributed by atoms with E-state index in [0.29, 0.717) is 33.7 Å². The molecule has 3 aromatic rings. The van der Waals surface area contributed by atoms with Crippen molar-refractivity contribution in [2.24, 2.45) is 0 Å². The van der Waals surface area contributed by atoms with Crippen LogP contribution < -0.4 is 5.32 Å². The van der Waals surface area contributed by atoms with Crippen LogP contribution in [-0.4, -0.2) is 20.7 Å². The van der Waals surface area contributed by atoms with Gasteiger partial charge in [0.15, 0.2) is 11.0 Å². The Balaban J connectivity index is 1.74. The number of aryl methyl sites for hydroxylation is 1. The molecule has 1 atom stereocenters. The van der Waals surface area contributed by atoms with Gasteiger partial charge in [-0.25, -0.2) is 0 Å². The fourth-order valence-electron chi connectivity index (χ4n) is 2.86. The number of carbonyl (C=O) groups is 1.